The Balaban J connectivity index is 1.85. The molecular weight excluding hydrogens is 427 g/mol. The Kier molecular flexibility index (Phi) is 4.93. The molecule has 1 aromatic carbocycles. The molecule has 4 rings (SSSR count). The lowest BCUT2D eigenvalue weighted by atomic mass is 10.1. The average Bonchev–Trinajstić information content (AvgIpc) is 3.03. The summed E-state index contributed by atoms with van der Waals surface area (Å²) in [7, 11) is -3.85. The maximum atomic E-state index is 14.4. The van der Waals surface area contributed by atoms with Gasteiger partial charge in [0.15, 0.2) is 12.0 Å². The molecular formula is C19H19FN6O4S. The highest BCUT2D eigenvalue weighted by Crippen LogP contribution is 2.39. The summed E-state index contributed by atoms with van der Waals surface area (Å²) < 4.78 is 38.8. The quantitative estimate of drug-likeness (QED) is 0.539. The van der Waals surface area contributed by atoms with Gasteiger partial charge in [-0.3, -0.25) is 9.69 Å². The fourth-order valence-electron chi connectivity index (χ4n) is 3.85. The molecule has 2 aromatic rings. The van der Waals surface area contributed by atoms with Crippen molar-refractivity contribution in [2.24, 2.45) is 0 Å². The van der Waals surface area contributed by atoms with Gasteiger partial charge in [-0.15, -0.1) is 0 Å². The number of nitriles is 1. The van der Waals surface area contributed by atoms with Gasteiger partial charge in [0, 0.05) is 37.5 Å². The van der Waals surface area contributed by atoms with Crippen LogP contribution in [0.4, 0.5) is 15.9 Å². The monoisotopic (exact) mass is 446 g/mol. The lowest BCUT2D eigenvalue weighted by molar-refractivity contribution is 0.0990. The zero-order valence-corrected chi connectivity index (χ0v) is 17.6. The number of hydrogen-bond donors (Lipinski definition) is 1. The Morgan fingerprint density at radius 2 is 2.03 bits per heavy atom. The van der Waals surface area contributed by atoms with Gasteiger partial charge in [-0.05, 0) is 19.1 Å². The molecule has 31 heavy (non-hydrogen) atoms. The molecule has 3 heterocycles. The number of sulfone groups is 1. The van der Waals surface area contributed by atoms with Crippen LogP contribution in [-0.2, 0) is 16.4 Å². The maximum Gasteiger partial charge on any atom is 0.277 e. The van der Waals surface area contributed by atoms with E-state index in [1.54, 1.807) is 4.90 Å². The topological polar surface area (TPSA) is 131 Å². The molecule has 2 aliphatic rings. The molecule has 12 heteroatoms. The van der Waals surface area contributed by atoms with E-state index in [0.717, 1.165) is 17.2 Å². The van der Waals surface area contributed by atoms with E-state index < -0.39 is 32.5 Å². The molecule has 10 nitrogen and oxygen atoms in total. The Morgan fingerprint density at radius 3 is 2.65 bits per heavy atom. The van der Waals surface area contributed by atoms with Crippen LogP contribution in [0.15, 0.2) is 23.4 Å². The first-order valence-electron chi connectivity index (χ1n) is 9.43. The molecule has 1 saturated heterocycles. The fourth-order valence-corrected chi connectivity index (χ4v) is 4.36. The number of hydrogen-bond acceptors (Lipinski definition) is 9. The number of amides is 1. The molecule has 2 aliphatic heterocycles. The van der Waals surface area contributed by atoms with E-state index in [9.17, 15) is 22.7 Å². The maximum absolute atomic E-state index is 14.4. The van der Waals surface area contributed by atoms with Gasteiger partial charge in [0.05, 0.1) is 6.54 Å². The van der Waals surface area contributed by atoms with Gasteiger partial charge in [-0.2, -0.15) is 5.26 Å². The largest absolute Gasteiger partial charge is 0.506 e. The Labute approximate surface area is 178 Å². The van der Waals surface area contributed by atoms with Crippen molar-refractivity contribution in [3.8, 4) is 11.9 Å². The zero-order chi connectivity index (χ0) is 22.5. The standard InChI is InChI=1S/C19H19FN6O4S/c1-11-8-24(10-21)6-7-25(11)17-12-9-26(16-13(20)4-3-5-14(16)27)18(28)15(12)22-19(23-17)31(2,29)30/h3-5,11,27H,6-9H2,1-2H3/t11-/m0/s1. The molecule has 0 radical (unpaired) electrons. The van der Waals surface area contributed by atoms with E-state index in [4.69, 9.17) is 5.26 Å². The number of piperazine rings is 1. The van der Waals surface area contributed by atoms with Crippen LogP contribution in [0.5, 0.6) is 5.75 Å². The number of halogens is 1. The molecule has 1 aromatic heterocycles. The van der Waals surface area contributed by atoms with Crippen molar-refractivity contribution in [2.45, 2.75) is 24.7 Å². The summed E-state index contributed by atoms with van der Waals surface area (Å²) in [6, 6.07) is 3.48. The number of phenolic OH excluding ortho intramolecular Hbond substituents is 1. The molecule has 0 saturated carbocycles. The first kappa shape index (κ1) is 20.8. The van der Waals surface area contributed by atoms with E-state index >= 15 is 0 Å². The average molecular weight is 446 g/mol. The van der Waals surface area contributed by atoms with Crippen LogP contribution in [0, 0.1) is 17.3 Å². The molecule has 1 N–H and O–H groups in total. The second kappa shape index (κ2) is 7.35. The van der Waals surface area contributed by atoms with E-state index in [1.165, 1.54) is 12.1 Å². The first-order valence-corrected chi connectivity index (χ1v) is 11.3. The van der Waals surface area contributed by atoms with Gasteiger partial charge in [0.1, 0.15) is 22.9 Å². The van der Waals surface area contributed by atoms with E-state index in [1.807, 2.05) is 11.8 Å². The number of carbonyl (C=O) groups excluding carboxylic acids is 1. The number of aromatic nitrogens is 2. The number of anilines is 2. The van der Waals surface area contributed by atoms with Crippen molar-refractivity contribution in [1.82, 2.24) is 14.9 Å². The summed E-state index contributed by atoms with van der Waals surface area (Å²) in [5.74, 6) is -1.69. The number of para-hydroxylation sites is 1. The third-order valence-electron chi connectivity index (χ3n) is 5.34. The Morgan fingerprint density at radius 1 is 1.29 bits per heavy atom. The van der Waals surface area contributed by atoms with Gasteiger partial charge in [-0.25, -0.2) is 22.8 Å². The van der Waals surface area contributed by atoms with Crippen LogP contribution in [0.25, 0.3) is 0 Å². The smallest absolute Gasteiger partial charge is 0.277 e. The number of rotatable bonds is 3. The summed E-state index contributed by atoms with van der Waals surface area (Å²) in [5.41, 5.74) is -0.111. The van der Waals surface area contributed by atoms with Gasteiger partial charge in [-0.1, -0.05) is 6.07 Å². The second-order valence-electron chi connectivity index (χ2n) is 7.52. The highest BCUT2D eigenvalue weighted by atomic mass is 32.2. The second-order valence-corrected chi connectivity index (χ2v) is 9.43. The lowest BCUT2D eigenvalue weighted by Gasteiger charge is -2.39. The number of nitrogens with zero attached hydrogens (tertiary/aromatic N) is 6. The lowest BCUT2D eigenvalue weighted by Crippen LogP contribution is -2.51. The fraction of sp³-hybridized carbons (Fsp3) is 0.368. The van der Waals surface area contributed by atoms with Gasteiger partial charge in [0.2, 0.25) is 15.0 Å². The minimum atomic E-state index is -3.85. The predicted molar refractivity (Wildman–Crippen MR) is 108 cm³/mol. The van der Waals surface area contributed by atoms with Crippen LogP contribution in [0.1, 0.15) is 23.0 Å². The zero-order valence-electron chi connectivity index (χ0n) is 16.8. The van der Waals surface area contributed by atoms with Crippen LogP contribution in [0.2, 0.25) is 0 Å². The SMILES string of the molecule is C[C@H]1CN(C#N)CCN1c1nc(S(C)(=O)=O)nc2c1CN(c1c(O)cccc1F)C2=O. The summed E-state index contributed by atoms with van der Waals surface area (Å²) in [6.45, 7) is 2.90. The summed E-state index contributed by atoms with van der Waals surface area (Å²) in [5, 5.41) is 18.8. The molecule has 0 unspecified atom stereocenters. The van der Waals surface area contributed by atoms with Crippen LogP contribution < -0.4 is 9.80 Å². The van der Waals surface area contributed by atoms with Crippen molar-refractivity contribution >= 4 is 27.2 Å². The number of fused-ring (bicyclic) bond motifs is 1. The molecule has 1 atom stereocenters. The molecule has 0 aliphatic carbocycles. The van der Waals surface area contributed by atoms with Crippen molar-refractivity contribution in [3.63, 3.8) is 0 Å². The Bertz CT molecular complexity index is 1210. The normalized spacial score (nSPS) is 18.8. The van der Waals surface area contributed by atoms with Crippen molar-refractivity contribution in [3.05, 3.63) is 35.3 Å². The van der Waals surface area contributed by atoms with Crippen LogP contribution >= 0.6 is 0 Å². The van der Waals surface area contributed by atoms with Crippen molar-refractivity contribution in [1.29, 1.82) is 5.26 Å². The number of phenols is 1. The van der Waals surface area contributed by atoms with Gasteiger partial charge in [0.25, 0.3) is 5.91 Å². The number of aromatic hydroxyl groups is 1. The molecule has 1 fully saturated rings. The van der Waals surface area contributed by atoms with Gasteiger partial charge >= 0.3 is 0 Å². The molecule has 162 valence electrons. The Hall–Kier alpha value is -3.46. The molecule has 1 amide bonds. The van der Waals surface area contributed by atoms with Crippen molar-refractivity contribution < 1.29 is 22.7 Å². The van der Waals surface area contributed by atoms with Crippen molar-refractivity contribution in [2.75, 3.05) is 35.7 Å². The third kappa shape index (κ3) is 3.50. The summed E-state index contributed by atoms with van der Waals surface area (Å²) in [6.07, 6.45) is 3.03. The predicted octanol–water partition coefficient (Wildman–Crippen LogP) is 0.877. The highest BCUT2D eigenvalue weighted by molar-refractivity contribution is 7.90. The summed E-state index contributed by atoms with van der Waals surface area (Å²) in [4.78, 5) is 25.7. The third-order valence-corrected chi connectivity index (χ3v) is 6.18. The number of carbonyl (C=O) groups is 1. The highest BCUT2D eigenvalue weighted by Gasteiger charge is 2.39. The van der Waals surface area contributed by atoms with E-state index in [2.05, 4.69) is 16.2 Å². The first-order chi connectivity index (χ1) is 14.6. The van der Waals surface area contributed by atoms with Gasteiger partial charge < -0.3 is 14.9 Å². The van der Waals surface area contributed by atoms with Crippen LogP contribution in [-0.4, -0.2) is 66.2 Å². The van der Waals surface area contributed by atoms with E-state index in [-0.39, 0.29) is 29.8 Å². The summed E-state index contributed by atoms with van der Waals surface area (Å²) >= 11 is 0. The molecule has 0 bridgehead atoms. The minimum Gasteiger partial charge on any atom is -0.506 e. The molecule has 0 spiro atoms. The van der Waals surface area contributed by atoms with Crippen LogP contribution in [0.3, 0.4) is 0 Å². The van der Waals surface area contributed by atoms with E-state index in [0.29, 0.717) is 25.2 Å². The number of benzene rings is 1. The minimum absolute atomic E-state index is 0.132.